The molecule has 0 spiro atoms. The van der Waals surface area contributed by atoms with E-state index in [1.54, 1.807) is 12.1 Å². The summed E-state index contributed by atoms with van der Waals surface area (Å²) in [6.07, 6.45) is 2.25. The molecule has 0 fully saturated rings. The Labute approximate surface area is 93.5 Å². The Morgan fingerprint density at radius 2 is 2.19 bits per heavy atom. The van der Waals surface area contributed by atoms with Gasteiger partial charge >= 0.3 is 5.97 Å². The molecule has 1 aromatic rings. The molecule has 0 radical (unpaired) electrons. The summed E-state index contributed by atoms with van der Waals surface area (Å²) in [7, 11) is 0. The van der Waals surface area contributed by atoms with Crippen molar-refractivity contribution < 1.29 is 19.1 Å². The highest BCUT2D eigenvalue weighted by Gasteiger charge is 2.08. The molecule has 84 valence electrons. The minimum atomic E-state index is -0.442. The Morgan fingerprint density at radius 1 is 1.44 bits per heavy atom. The van der Waals surface area contributed by atoms with Crippen molar-refractivity contribution in [3.8, 4) is 11.5 Å². The van der Waals surface area contributed by atoms with Crippen LogP contribution in [-0.2, 0) is 4.79 Å². The van der Waals surface area contributed by atoms with Gasteiger partial charge in [0.1, 0.15) is 12.9 Å². The Hall–Kier alpha value is -2.10. The highest BCUT2D eigenvalue weighted by atomic mass is 16.6. The Bertz CT molecular complexity index is 409. The van der Waals surface area contributed by atoms with Gasteiger partial charge in [0.05, 0.1) is 0 Å². The van der Waals surface area contributed by atoms with Crippen molar-refractivity contribution in [2.24, 2.45) is 0 Å². The average molecular weight is 220 g/mol. The van der Waals surface area contributed by atoms with Crippen LogP contribution in [0.4, 0.5) is 0 Å². The van der Waals surface area contributed by atoms with Gasteiger partial charge in [0.2, 0.25) is 0 Å². The van der Waals surface area contributed by atoms with Crippen LogP contribution >= 0.6 is 0 Å². The second-order valence-corrected chi connectivity index (χ2v) is 3.02. The predicted molar refractivity (Wildman–Crippen MR) is 58.8 cm³/mol. The van der Waals surface area contributed by atoms with E-state index in [9.17, 15) is 9.59 Å². The molecule has 0 atom stereocenters. The number of esters is 1. The number of carbonyl (C=O) groups excluding carboxylic acids is 2. The molecule has 0 saturated heterocycles. The van der Waals surface area contributed by atoms with Crippen LogP contribution in [-0.4, -0.2) is 18.9 Å². The molecule has 1 rings (SSSR count). The molecule has 0 aliphatic carbocycles. The van der Waals surface area contributed by atoms with E-state index in [2.05, 4.69) is 6.58 Å². The van der Waals surface area contributed by atoms with Crippen LogP contribution in [0, 0.1) is 0 Å². The van der Waals surface area contributed by atoms with Gasteiger partial charge < -0.3 is 9.47 Å². The van der Waals surface area contributed by atoms with Crippen LogP contribution in [0.5, 0.6) is 11.5 Å². The minimum Gasteiger partial charge on any atom is -0.486 e. The molecule has 0 N–H and O–H groups in total. The fourth-order valence-electron chi connectivity index (χ4n) is 1.10. The van der Waals surface area contributed by atoms with Crippen LogP contribution in [0.1, 0.15) is 17.3 Å². The van der Waals surface area contributed by atoms with Gasteiger partial charge in [-0.1, -0.05) is 12.7 Å². The van der Waals surface area contributed by atoms with Crippen molar-refractivity contribution in [1.82, 2.24) is 0 Å². The van der Waals surface area contributed by atoms with Crippen molar-refractivity contribution in [3.63, 3.8) is 0 Å². The maximum absolute atomic E-state index is 10.8. The summed E-state index contributed by atoms with van der Waals surface area (Å²) in [5.41, 5.74) is 0.454. The fraction of sp³-hybridized carbons (Fsp3) is 0.167. The molecule has 0 unspecified atom stereocenters. The number of rotatable bonds is 5. The number of hydrogen-bond donors (Lipinski definition) is 0. The van der Waals surface area contributed by atoms with Crippen molar-refractivity contribution in [2.45, 2.75) is 6.92 Å². The van der Waals surface area contributed by atoms with E-state index >= 15 is 0 Å². The van der Waals surface area contributed by atoms with E-state index in [1.807, 2.05) is 0 Å². The van der Waals surface area contributed by atoms with Crippen molar-refractivity contribution in [2.75, 3.05) is 6.61 Å². The molecule has 0 aliphatic rings. The van der Waals surface area contributed by atoms with E-state index in [1.165, 1.54) is 19.1 Å². The fourth-order valence-corrected chi connectivity index (χ4v) is 1.10. The first-order valence-electron chi connectivity index (χ1n) is 4.68. The first-order chi connectivity index (χ1) is 7.67. The predicted octanol–water partition coefficient (Wildman–Crippen LogP) is 1.99. The monoisotopic (exact) mass is 220 g/mol. The third-order valence-electron chi connectivity index (χ3n) is 1.71. The third kappa shape index (κ3) is 3.24. The van der Waals surface area contributed by atoms with Gasteiger partial charge in [0, 0.05) is 12.5 Å². The maximum atomic E-state index is 10.8. The normalized spacial score (nSPS) is 9.31. The second kappa shape index (κ2) is 5.70. The quantitative estimate of drug-likeness (QED) is 0.329. The molecule has 0 aliphatic heterocycles. The van der Waals surface area contributed by atoms with Crippen molar-refractivity contribution >= 4 is 12.3 Å². The molecule has 0 bridgehead atoms. The topological polar surface area (TPSA) is 52.6 Å². The lowest BCUT2D eigenvalue weighted by atomic mass is 10.2. The first kappa shape index (κ1) is 12.0. The molecule has 1 aromatic carbocycles. The SMILES string of the molecule is C=CCOc1cc(C=O)ccc1OC(C)=O. The van der Waals surface area contributed by atoms with Crippen LogP contribution in [0.2, 0.25) is 0 Å². The molecule has 4 nitrogen and oxygen atoms in total. The van der Waals surface area contributed by atoms with Crippen LogP contribution < -0.4 is 9.47 Å². The first-order valence-corrected chi connectivity index (χ1v) is 4.68. The molecule has 0 saturated carbocycles. The summed E-state index contributed by atoms with van der Waals surface area (Å²) in [5, 5.41) is 0. The van der Waals surface area contributed by atoms with Gasteiger partial charge in [-0.15, -0.1) is 0 Å². The minimum absolute atomic E-state index is 0.274. The van der Waals surface area contributed by atoms with Gasteiger partial charge in [-0.05, 0) is 18.2 Å². The van der Waals surface area contributed by atoms with Gasteiger partial charge in [0.25, 0.3) is 0 Å². The molecular weight excluding hydrogens is 208 g/mol. The van der Waals surface area contributed by atoms with Crippen LogP contribution in [0.15, 0.2) is 30.9 Å². The number of aldehydes is 1. The summed E-state index contributed by atoms with van der Waals surface area (Å²) in [6, 6.07) is 4.57. The van der Waals surface area contributed by atoms with Crippen molar-refractivity contribution in [3.05, 3.63) is 36.4 Å². The lowest BCUT2D eigenvalue weighted by Gasteiger charge is -2.09. The van der Waals surface area contributed by atoms with Gasteiger partial charge in [-0.25, -0.2) is 0 Å². The van der Waals surface area contributed by atoms with Gasteiger partial charge in [-0.3, -0.25) is 9.59 Å². The molecule has 4 heteroatoms. The maximum Gasteiger partial charge on any atom is 0.308 e. The summed E-state index contributed by atoms with van der Waals surface area (Å²) in [5.74, 6) is 0.196. The highest BCUT2D eigenvalue weighted by molar-refractivity contribution is 5.77. The number of carbonyl (C=O) groups is 2. The third-order valence-corrected chi connectivity index (χ3v) is 1.71. The molecule has 0 aromatic heterocycles. The molecular formula is C12H12O4. The molecule has 0 heterocycles. The van der Waals surface area contributed by atoms with E-state index in [4.69, 9.17) is 9.47 Å². The van der Waals surface area contributed by atoms with E-state index in [0.717, 1.165) is 0 Å². The van der Waals surface area contributed by atoms with E-state index in [0.29, 0.717) is 23.3 Å². The zero-order chi connectivity index (χ0) is 12.0. The average Bonchev–Trinajstić information content (AvgIpc) is 2.27. The van der Waals surface area contributed by atoms with E-state index in [-0.39, 0.29) is 6.61 Å². The van der Waals surface area contributed by atoms with Crippen molar-refractivity contribution in [1.29, 1.82) is 0 Å². The summed E-state index contributed by atoms with van der Waals surface area (Å²) in [6.45, 7) is 5.08. The summed E-state index contributed by atoms with van der Waals surface area (Å²) >= 11 is 0. The Morgan fingerprint density at radius 3 is 2.75 bits per heavy atom. The smallest absolute Gasteiger partial charge is 0.308 e. The van der Waals surface area contributed by atoms with E-state index < -0.39 is 5.97 Å². The molecule has 0 amide bonds. The van der Waals surface area contributed by atoms with Crippen LogP contribution in [0.3, 0.4) is 0 Å². The molecule has 16 heavy (non-hydrogen) atoms. The largest absolute Gasteiger partial charge is 0.486 e. The zero-order valence-corrected chi connectivity index (χ0v) is 8.93. The summed E-state index contributed by atoms with van der Waals surface area (Å²) < 4.78 is 10.2. The lowest BCUT2D eigenvalue weighted by molar-refractivity contribution is -0.132. The Kier molecular flexibility index (Phi) is 4.27. The lowest BCUT2D eigenvalue weighted by Crippen LogP contribution is -2.04. The standard InChI is InChI=1S/C12H12O4/c1-3-6-15-12-7-10(8-13)4-5-11(12)16-9(2)14/h3-5,7-8H,1,6H2,2H3. The van der Waals surface area contributed by atoms with Crippen LogP contribution in [0.25, 0.3) is 0 Å². The number of benzene rings is 1. The zero-order valence-electron chi connectivity index (χ0n) is 8.93. The second-order valence-electron chi connectivity index (χ2n) is 3.02. The Balaban J connectivity index is 2.99. The number of ether oxygens (including phenoxy) is 2. The van der Waals surface area contributed by atoms with Gasteiger partial charge in [-0.2, -0.15) is 0 Å². The number of hydrogen-bond acceptors (Lipinski definition) is 4. The summed E-state index contributed by atoms with van der Waals surface area (Å²) in [4.78, 5) is 21.4. The highest BCUT2D eigenvalue weighted by Crippen LogP contribution is 2.28. The van der Waals surface area contributed by atoms with Gasteiger partial charge in [0.15, 0.2) is 11.5 Å².